The fourth-order valence-corrected chi connectivity index (χ4v) is 3.19. The Hall–Kier alpha value is -0.160. The molecule has 4 heteroatoms. The molecule has 2 rings (SSSR count). The second kappa shape index (κ2) is 4.84. The minimum absolute atomic E-state index is 0.0353. The lowest BCUT2D eigenvalue weighted by Crippen LogP contribution is -2.66. The summed E-state index contributed by atoms with van der Waals surface area (Å²) in [5, 5.41) is 0. The van der Waals surface area contributed by atoms with Crippen LogP contribution in [0.4, 0.5) is 0 Å². The van der Waals surface area contributed by atoms with Crippen LogP contribution in [0.1, 0.15) is 33.6 Å². The van der Waals surface area contributed by atoms with Crippen LogP contribution < -0.4 is 5.73 Å². The molecule has 0 radical (unpaired) electrons. The van der Waals surface area contributed by atoms with Crippen LogP contribution in [0.3, 0.4) is 0 Å². The van der Waals surface area contributed by atoms with Crippen LogP contribution in [0, 0.1) is 0 Å². The van der Waals surface area contributed by atoms with Gasteiger partial charge in [-0.1, -0.05) is 0 Å². The predicted molar refractivity (Wildman–Crippen MR) is 68.0 cm³/mol. The third-order valence-electron chi connectivity index (χ3n) is 3.92. The molecule has 0 aliphatic carbocycles. The average molecular weight is 242 g/mol. The summed E-state index contributed by atoms with van der Waals surface area (Å²) in [6.07, 6.45) is 2.53. The first-order valence-corrected chi connectivity index (χ1v) is 6.68. The molecule has 100 valence electrons. The number of rotatable bonds is 2. The van der Waals surface area contributed by atoms with Gasteiger partial charge in [-0.05, 0) is 33.6 Å². The first-order chi connectivity index (χ1) is 7.97. The molecular formula is C13H26N2O2. The lowest BCUT2D eigenvalue weighted by Gasteiger charge is -2.52. The zero-order valence-electron chi connectivity index (χ0n) is 11.4. The lowest BCUT2D eigenvalue weighted by molar-refractivity contribution is -0.169. The Kier molecular flexibility index (Phi) is 3.78. The molecular weight excluding hydrogens is 216 g/mol. The second-order valence-electron chi connectivity index (χ2n) is 6.15. The Morgan fingerprint density at radius 3 is 2.71 bits per heavy atom. The van der Waals surface area contributed by atoms with Gasteiger partial charge in [-0.3, -0.25) is 4.90 Å². The molecule has 2 N–H and O–H groups in total. The van der Waals surface area contributed by atoms with Crippen molar-refractivity contribution >= 4 is 0 Å². The molecule has 4 nitrogen and oxygen atoms in total. The highest BCUT2D eigenvalue weighted by Gasteiger charge is 2.43. The molecule has 2 saturated heterocycles. The van der Waals surface area contributed by atoms with E-state index in [1.165, 1.54) is 0 Å². The Labute approximate surface area is 104 Å². The molecule has 0 bridgehead atoms. The summed E-state index contributed by atoms with van der Waals surface area (Å²) in [6, 6.07) is 0. The fourth-order valence-electron chi connectivity index (χ4n) is 3.19. The quantitative estimate of drug-likeness (QED) is 0.784. The SMILES string of the molecule is CC1CN(C2(CN)CCCOC2)CC(C)(C)O1. The van der Waals surface area contributed by atoms with Gasteiger partial charge in [0, 0.05) is 26.2 Å². The van der Waals surface area contributed by atoms with Crippen molar-refractivity contribution in [1.82, 2.24) is 4.90 Å². The maximum atomic E-state index is 6.04. The van der Waals surface area contributed by atoms with E-state index in [0.717, 1.165) is 39.1 Å². The third kappa shape index (κ3) is 2.81. The van der Waals surface area contributed by atoms with E-state index in [0.29, 0.717) is 6.54 Å². The number of hydrogen-bond donors (Lipinski definition) is 1. The zero-order chi connectivity index (χ0) is 12.5. The van der Waals surface area contributed by atoms with Gasteiger partial charge in [-0.15, -0.1) is 0 Å². The number of ether oxygens (including phenoxy) is 2. The van der Waals surface area contributed by atoms with Crippen LogP contribution in [-0.2, 0) is 9.47 Å². The van der Waals surface area contributed by atoms with Gasteiger partial charge in [0.25, 0.3) is 0 Å². The Morgan fingerprint density at radius 1 is 1.41 bits per heavy atom. The molecule has 0 saturated carbocycles. The molecule has 0 spiro atoms. The van der Waals surface area contributed by atoms with E-state index >= 15 is 0 Å². The predicted octanol–water partition coefficient (Wildman–Crippen LogP) is 0.994. The standard InChI is InChI=1S/C13H26N2O2/c1-11-7-15(9-12(2,3)17-11)13(8-14)5-4-6-16-10-13/h11H,4-10,14H2,1-3H3. The van der Waals surface area contributed by atoms with Gasteiger partial charge in [0.1, 0.15) is 0 Å². The van der Waals surface area contributed by atoms with Gasteiger partial charge >= 0.3 is 0 Å². The van der Waals surface area contributed by atoms with Crippen LogP contribution in [0.2, 0.25) is 0 Å². The molecule has 2 aliphatic rings. The molecule has 2 atom stereocenters. The highest BCUT2D eigenvalue weighted by atomic mass is 16.5. The normalized spacial score (nSPS) is 39.2. The van der Waals surface area contributed by atoms with Gasteiger partial charge in [0.05, 0.1) is 23.9 Å². The van der Waals surface area contributed by atoms with Crippen molar-refractivity contribution in [3.05, 3.63) is 0 Å². The molecule has 0 aromatic rings. The van der Waals surface area contributed by atoms with E-state index in [-0.39, 0.29) is 17.2 Å². The van der Waals surface area contributed by atoms with Crippen molar-refractivity contribution in [2.45, 2.75) is 50.9 Å². The summed E-state index contributed by atoms with van der Waals surface area (Å²) < 4.78 is 11.6. The summed E-state index contributed by atoms with van der Waals surface area (Å²) >= 11 is 0. The van der Waals surface area contributed by atoms with Crippen molar-refractivity contribution in [2.75, 3.05) is 32.8 Å². The molecule has 2 unspecified atom stereocenters. The van der Waals surface area contributed by atoms with E-state index in [4.69, 9.17) is 15.2 Å². The highest BCUT2D eigenvalue weighted by Crippen LogP contribution is 2.31. The van der Waals surface area contributed by atoms with Crippen molar-refractivity contribution in [2.24, 2.45) is 5.73 Å². The van der Waals surface area contributed by atoms with Crippen molar-refractivity contribution in [1.29, 1.82) is 0 Å². The zero-order valence-corrected chi connectivity index (χ0v) is 11.4. The Bertz CT molecular complexity index is 262. The first-order valence-electron chi connectivity index (χ1n) is 6.68. The number of hydrogen-bond acceptors (Lipinski definition) is 4. The van der Waals surface area contributed by atoms with Gasteiger partial charge in [-0.2, -0.15) is 0 Å². The molecule has 0 amide bonds. The van der Waals surface area contributed by atoms with E-state index in [1.54, 1.807) is 0 Å². The maximum Gasteiger partial charge on any atom is 0.0757 e. The van der Waals surface area contributed by atoms with E-state index in [1.807, 2.05) is 0 Å². The van der Waals surface area contributed by atoms with Crippen molar-refractivity contribution < 1.29 is 9.47 Å². The number of morpholine rings is 1. The summed E-state index contributed by atoms with van der Waals surface area (Å²) in [5.41, 5.74) is 5.99. The maximum absolute atomic E-state index is 6.04. The fraction of sp³-hybridized carbons (Fsp3) is 1.00. The first kappa shape index (κ1) is 13.3. The minimum atomic E-state index is -0.0860. The highest BCUT2D eigenvalue weighted by molar-refractivity contribution is 4.98. The van der Waals surface area contributed by atoms with Crippen LogP contribution in [0.5, 0.6) is 0 Å². The number of nitrogens with zero attached hydrogens (tertiary/aromatic N) is 1. The van der Waals surface area contributed by atoms with Crippen LogP contribution in [0.15, 0.2) is 0 Å². The molecule has 2 aliphatic heterocycles. The Morgan fingerprint density at radius 2 is 2.18 bits per heavy atom. The van der Waals surface area contributed by atoms with Gasteiger partial charge < -0.3 is 15.2 Å². The van der Waals surface area contributed by atoms with Crippen LogP contribution in [0.25, 0.3) is 0 Å². The van der Waals surface area contributed by atoms with Gasteiger partial charge in [0.15, 0.2) is 0 Å². The third-order valence-corrected chi connectivity index (χ3v) is 3.92. The topological polar surface area (TPSA) is 47.7 Å². The molecule has 17 heavy (non-hydrogen) atoms. The number of nitrogens with two attached hydrogens (primary N) is 1. The Balaban J connectivity index is 2.13. The van der Waals surface area contributed by atoms with Gasteiger partial charge in [0.2, 0.25) is 0 Å². The van der Waals surface area contributed by atoms with Crippen LogP contribution in [-0.4, -0.2) is 55.0 Å². The van der Waals surface area contributed by atoms with Crippen molar-refractivity contribution in [3.63, 3.8) is 0 Å². The summed E-state index contributed by atoms with van der Waals surface area (Å²) in [6.45, 7) is 10.7. The summed E-state index contributed by atoms with van der Waals surface area (Å²) in [5.74, 6) is 0. The van der Waals surface area contributed by atoms with E-state index < -0.39 is 0 Å². The average Bonchev–Trinajstić information content (AvgIpc) is 2.27. The summed E-state index contributed by atoms with van der Waals surface area (Å²) in [4.78, 5) is 2.50. The van der Waals surface area contributed by atoms with Crippen molar-refractivity contribution in [3.8, 4) is 0 Å². The largest absolute Gasteiger partial charge is 0.379 e. The molecule has 0 aromatic carbocycles. The van der Waals surface area contributed by atoms with E-state index in [2.05, 4.69) is 25.7 Å². The monoisotopic (exact) mass is 242 g/mol. The molecule has 2 fully saturated rings. The van der Waals surface area contributed by atoms with Gasteiger partial charge in [-0.25, -0.2) is 0 Å². The summed E-state index contributed by atoms with van der Waals surface area (Å²) in [7, 11) is 0. The van der Waals surface area contributed by atoms with E-state index in [9.17, 15) is 0 Å². The lowest BCUT2D eigenvalue weighted by atomic mass is 9.87. The molecule has 0 aromatic heterocycles. The minimum Gasteiger partial charge on any atom is -0.379 e. The second-order valence-corrected chi connectivity index (χ2v) is 6.15. The molecule has 2 heterocycles. The van der Waals surface area contributed by atoms with Crippen LogP contribution >= 0.6 is 0 Å². The smallest absolute Gasteiger partial charge is 0.0757 e.